The van der Waals surface area contributed by atoms with Gasteiger partial charge in [-0.3, -0.25) is 4.79 Å². The average molecular weight is 279 g/mol. The summed E-state index contributed by atoms with van der Waals surface area (Å²) in [6.07, 6.45) is 6.05. The van der Waals surface area contributed by atoms with E-state index in [0.29, 0.717) is 5.92 Å². The number of nitrogens with one attached hydrogen (secondary N) is 1. The lowest BCUT2D eigenvalue weighted by molar-refractivity contribution is -0.123. The third kappa shape index (κ3) is 8.76. The zero-order chi connectivity index (χ0) is 13.3. The first-order chi connectivity index (χ1) is 8.02. The number of halogens is 1. The number of hydrogen-bond donors (Lipinski definition) is 2. The Labute approximate surface area is 119 Å². The van der Waals surface area contributed by atoms with Gasteiger partial charge in [0.2, 0.25) is 5.91 Å². The second-order valence-electron chi connectivity index (χ2n) is 5.31. The van der Waals surface area contributed by atoms with E-state index in [-0.39, 0.29) is 30.3 Å². The second-order valence-corrected chi connectivity index (χ2v) is 5.31. The lowest BCUT2D eigenvalue weighted by Gasteiger charge is -2.20. The summed E-state index contributed by atoms with van der Waals surface area (Å²) in [4.78, 5) is 11.7. The van der Waals surface area contributed by atoms with Crippen LogP contribution in [-0.4, -0.2) is 18.5 Å². The third-order valence-electron chi connectivity index (χ3n) is 3.25. The van der Waals surface area contributed by atoms with Crippen LogP contribution in [0.15, 0.2) is 0 Å². The minimum atomic E-state index is -0.372. The van der Waals surface area contributed by atoms with Gasteiger partial charge in [0.15, 0.2) is 0 Å². The summed E-state index contributed by atoms with van der Waals surface area (Å²) in [5, 5.41) is 2.99. The molecular weight excluding hydrogens is 248 g/mol. The van der Waals surface area contributed by atoms with E-state index >= 15 is 0 Å². The minimum absolute atomic E-state index is 0. The zero-order valence-corrected chi connectivity index (χ0v) is 13.2. The van der Waals surface area contributed by atoms with E-state index in [1.165, 1.54) is 32.1 Å². The van der Waals surface area contributed by atoms with Crippen LogP contribution < -0.4 is 11.1 Å². The summed E-state index contributed by atoms with van der Waals surface area (Å²) in [6.45, 7) is 9.14. The monoisotopic (exact) mass is 278 g/mol. The molecule has 0 aromatic heterocycles. The molecule has 0 rings (SSSR count). The van der Waals surface area contributed by atoms with Crippen LogP contribution >= 0.6 is 12.4 Å². The maximum Gasteiger partial charge on any atom is 0.237 e. The lowest BCUT2D eigenvalue weighted by atomic mass is 9.96. The van der Waals surface area contributed by atoms with Crippen molar-refractivity contribution in [3.63, 3.8) is 0 Å². The van der Waals surface area contributed by atoms with E-state index in [9.17, 15) is 4.79 Å². The standard InChI is InChI=1S/C14H30N2O.ClH/c1-5-7-9-12(8-6-2)10-16-14(17)13(15)11(3)4;/h11-13H,5-10,15H2,1-4H3,(H,16,17);1H/t12?,13-;/m0./s1. The second kappa shape index (κ2) is 11.8. The van der Waals surface area contributed by atoms with Gasteiger partial charge in [0.25, 0.3) is 0 Å². The van der Waals surface area contributed by atoms with Gasteiger partial charge in [0.1, 0.15) is 0 Å². The molecule has 2 atom stereocenters. The first-order valence-electron chi connectivity index (χ1n) is 7.06. The highest BCUT2D eigenvalue weighted by molar-refractivity contribution is 5.85. The highest BCUT2D eigenvalue weighted by Gasteiger charge is 2.18. The normalized spacial score (nSPS) is 13.9. The van der Waals surface area contributed by atoms with Crippen LogP contribution in [0.1, 0.15) is 59.8 Å². The molecule has 0 aliphatic carbocycles. The van der Waals surface area contributed by atoms with E-state index < -0.39 is 0 Å². The van der Waals surface area contributed by atoms with Gasteiger partial charge in [0, 0.05) is 6.54 Å². The Morgan fingerprint density at radius 3 is 2.22 bits per heavy atom. The Bertz CT molecular complexity index is 210. The van der Waals surface area contributed by atoms with Crippen LogP contribution in [0.3, 0.4) is 0 Å². The maximum absolute atomic E-state index is 11.7. The summed E-state index contributed by atoms with van der Waals surface area (Å²) in [5.41, 5.74) is 5.81. The highest BCUT2D eigenvalue weighted by Crippen LogP contribution is 2.14. The summed E-state index contributed by atoms with van der Waals surface area (Å²) >= 11 is 0. The number of hydrogen-bond acceptors (Lipinski definition) is 2. The molecule has 0 saturated carbocycles. The quantitative estimate of drug-likeness (QED) is 0.681. The lowest BCUT2D eigenvalue weighted by Crippen LogP contribution is -2.45. The number of carbonyl (C=O) groups excluding carboxylic acids is 1. The van der Waals surface area contributed by atoms with Gasteiger partial charge in [-0.25, -0.2) is 0 Å². The molecule has 0 bridgehead atoms. The topological polar surface area (TPSA) is 55.1 Å². The van der Waals surface area contributed by atoms with Crippen molar-refractivity contribution < 1.29 is 4.79 Å². The van der Waals surface area contributed by atoms with Crippen LogP contribution in [0.25, 0.3) is 0 Å². The summed E-state index contributed by atoms with van der Waals surface area (Å²) < 4.78 is 0. The van der Waals surface area contributed by atoms with Crippen molar-refractivity contribution >= 4 is 18.3 Å². The summed E-state index contributed by atoms with van der Waals surface area (Å²) in [7, 11) is 0. The molecule has 3 N–H and O–H groups in total. The van der Waals surface area contributed by atoms with E-state index in [2.05, 4.69) is 19.2 Å². The Balaban J connectivity index is 0. The Hall–Kier alpha value is -0.280. The summed E-state index contributed by atoms with van der Waals surface area (Å²) in [6, 6.07) is -0.372. The predicted molar refractivity (Wildman–Crippen MR) is 81.0 cm³/mol. The number of amides is 1. The van der Waals surface area contributed by atoms with Gasteiger partial charge in [-0.1, -0.05) is 47.0 Å². The Morgan fingerprint density at radius 2 is 1.78 bits per heavy atom. The molecule has 1 amide bonds. The molecule has 0 heterocycles. The zero-order valence-electron chi connectivity index (χ0n) is 12.4. The van der Waals surface area contributed by atoms with Gasteiger partial charge < -0.3 is 11.1 Å². The molecule has 0 fully saturated rings. The molecule has 1 unspecified atom stereocenters. The fourth-order valence-electron chi connectivity index (χ4n) is 1.92. The molecule has 0 saturated heterocycles. The molecule has 110 valence electrons. The molecule has 0 aromatic carbocycles. The first-order valence-corrected chi connectivity index (χ1v) is 7.06. The SMILES string of the molecule is CCCCC(CCC)CNC(=O)[C@@H](N)C(C)C.Cl. The molecular formula is C14H31ClN2O. The van der Waals surface area contributed by atoms with E-state index in [1.807, 2.05) is 13.8 Å². The molecule has 3 nitrogen and oxygen atoms in total. The van der Waals surface area contributed by atoms with E-state index in [4.69, 9.17) is 5.73 Å². The van der Waals surface area contributed by atoms with E-state index in [1.54, 1.807) is 0 Å². The van der Waals surface area contributed by atoms with Crippen LogP contribution in [0.4, 0.5) is 0 Å². The van der Waals surface area contributed by atoms with Crippen LogP contribution in [0.2, 0.25) is 0 Å². The van der Waals surface area contributed by atoms with Gasteiger partial charge >= 0.3 is 0 Å². The molecule has 0 radical (unpaired) electrons. The molecule has 0 aromatic rings. The van der Waals surface area contributed by atoms with Gasteiger partial charge in [0.05, 0.1) is 6.04 Å². The molecule has 0 aliphatic heterocycles. The number of rotatable bonds is 9. The maximum atomic E-state index is 11.7. The fourth-order valence-corrected chi connectivity index (χ4v) is 1.92. The largest absolute Gasteiger partial charge is 0.354 e. The molecule has 0 aliphatic rings. The van der Waals surface area contributed by atoms with Crippen molar-refractivity contribution in [1.29, 1.82) is 0 Å². The van der Waals surface area contributed by atoms with Crippen LogP contribution in [0.5, 0.6) is 0 Å². The van der Waals surface area contributed by atoms with Gasteiger partial charge in [-0.05, 0) is 24.7 Å². The summed E-state index contributed by atoms with van der Waals surface area (Å²) in [5.74, 6) is 0.816. The third-order valence-corrected chi connectivity index (χ3v) is 3.25. The Kier molecular flexibility index (Phi) is 13.1. The van der Waals surface area contributed by atoms with Gasteiger partial charge in [-0.15, -0.1) is 12.4 Å². The van der Waals surface area contributed by atoms with Crippen molar-refractivity contribution in [3.8, 4) is 0 Å². The van der Waals surface area contributed by atoms with Crippen LogP contribution in [-0.2, 0) is 4.79 Å². The van der Waals surface area contributed by atoms with Crippen molar-refractivity contribution in [2.24, 2.45) is 17.6 Å². The molecule has 4 heteroatoms. The number of carbonyl (C=O) groups is 1. The molecule has 0 spiro atoms. The average Bonchev–Trinajstić information content (AvgIpc) is 2.31. The number of unbranched alkanes of at least 4 members (excludes halogenated alkanes) is 1. The highest BCUT2D eigenvalue weighted by atomic mass is 35.5. The van der Waals surface area contributed by atoms with Crippen molar-refractivity contribution in [2.45, 2.75) is 65.8 Å². The minimum Gasteiger partial charge on any atom is -0.354 e. The fraction of sp³-hybridized carbons (Fsp3) is 0.929. The smallest absolute Gasteiger partial charge is 0.237 e. The van der Waals surface area contributed by atoms with E-state index in [0.717, 1.165) is 6.54 Å². The van der Waals surface area contributed by atoms with Gasteiger partial charge in [-0.2, -0.15) is 0 Å². The van der Waals surface area contributed by atoms with Crippen molar-refractivity contribution in [3.05, 3.63) is 0 Å². The predicted octanol–water partition coefficient (Wildman–Crippen LogP) is 3.11. The van der Waals surface area contributed by atoms with Crippen LogP contribution in [0, 0.1) is 11.8 Å². The van der Waals surface area contributed by atoms with Crippen molar-refractivity contribution in [1.82, 2.24) is 5.32 Å². The Morgan fingerprint density at radius 1 is 1.17 bits per heavy atom. The first kappa shape index (κ1) is 20.0. The number of nitrogens with two attached hydrogens (primary N) is 1. The molecule has 18 heavy (non-hydrogen) atoms. The van der Waals surface area contributed by atoms with Crippen molar-refractivity contribution in [2.75, 3.05) is 6.54 Å².